The summed E-state index contributed by atoms with van der Waals surface area (Å²) in [7, 11) is 1.61. The lowest BCUT2D eigenvalue weighted by Crippen LogP contribution is -2.35. The second-order valence-electron chi connectivity index (χ2n) is 3.21. The molecule has 0 radical (unpaired) electrons. The molecule has 0 saturated heterocycles. The second kappa shape index (κ2) is 7.74. The zero-order valence-corrected chi connectivity index (χ0v) is 14.0. The Kier molecular flexibility index (Phi) is 7.02. The second-order valence-corrected chi connectivity index (χ2v) is 6.81. The van der Waals surface area contributed by atoms with Gasteiger partial charge in [-0.2, -0.15) is 0 Å². The lowest BCUT2D eigenvalue weighted by Gasteiger charge is -2.20. The monoisotopic (exact) mass is 403 g/mol. The number of amides is 1. The molecule has 0 aromatic carbocycles. The quantitative estimate of drug-likeness (QED) is 0.677. The number of hydrogen-bond donors (Lipinski definition) is 0. The molecule has 0 atom stereocenters. The van der Waals surface area contributed by atoms with E-state index in [-0.39, 0.29) is 5.91 Å². The Morgan fingerprint density at radius 2 is 2.24 bits per heavy atom. The number of carbonyl (C=O) groups is 1. The molecule has 7 heteroatoms. The Bertz CT molecular complexity index is 367. The van der Waals surface area contributed by atoms with Gasteiger partial charge in [0.05, 0.1) is 15.3 Å². The number of carbonyl (C=O) groups excluding carboxylic acids is 1. The number of hydrogen-bond acceptors (Lipinski definition) is 3. The standard InChI is InChI=1S/C10H12Br2ClNO2S/c1-16-5-4-14(3-2-13)10(15)8-6-7(11)9(12)17-8/h6H,2-5H2,1H3. The molecule has 0 aliphatic rings. The van der Waals surface area contributed by atoms with Crippen molar-refractivity contribution in [3.63, 3.8) is 0 Å². The molecule has 1 amide bonds. The van der Waals surface area contributed by atoms with E-state index in [1.54, 1.807) is 12.0 Å². The van der Waals surface area contributed by atoms with Crippen LogP contribution in [0.2, 0.25) is 0 Å². The summed E-state index contributed by atoms with van der Waals surface area (Å²) in [5.74, 6) is 0.405. The predicted octanol–water partition coefficient (Wildman–Crippen LogP) is 3.60. The largest absolute Gasteiger partial charge is 0.383 e. The third kappa shape index (κ3) is 4.52. The van der Waals surface area contributed by atoms with Gasteiger partial charge in [0.15, 0.2) is 0 Å². The number of thiophene rings is 1. The first-order valence-electron chi connectivity index (χ1n) is 4.89. The van der Waals surface area contributed by atoms with Crippen LogP contribution in [0.3, 0.4) is 0 Å². The molecule has 1 heterocycles. The molecule has 0 unspecified atom stereocenters. The number of alkyl halides is 1. The average Bonchev–Trinajstić information content (AvgIpc) is 2.64. The lowest BCUT2D eigenvalue weighted by atomic mass is 10.4. The summed E-state index contributed by atoms with van der Waals surface area (Å²) in [6.45, 7) is 1.59. The number of halogens is 3. The highest BCUT2D eigenvalue weighted by Gasteiger charge is 2.18. The van der Waals surface area contributed by atoms with Gasteiger partial charge < -0.3 is 9.64 Å². The zero-order valence-electron chi connectivity index (χ0n) is 9.21. The molecule has 1 aromatic rings. The van der Waals surface area contributed by atoms with Crippen molar-refractivity contribution in [3.05, 3.63) is 19.2 Å². The summed E-state index contributed by atoms with van der Waals surface area (Å²) in [5, 5.41) is 0. The molecule has 0 N–H and O–H groups in total. The molecule has 0 saturated carbocycles. The van der Waals surface area contributed by atoms with Crippen LogP contribution in [0.15, 0.2) is 14.3 Å². The first kappa shape index (κ1) is 15.4. The average molecular weight is 406 g/mol. The highest BCUT2D eigenvalue weighted by molar-refractivity contribution is 9.13. The van der Waals surface area contributed by atoms with E-state index in [4.69, 9.17) is 16.3 Å². The molecule has 0 spiro atoms. The topological polar surface area (TPSA) is 29.5 Å². The van der Waals surface area contributed by atoms with Gasteiger partial charge in [-0.3, -0.25) is 4.79 Å². The first-order valence-corrected chi connectivity index (χ1v) is 7.82. The Labute approximate surface area is 126 Å². The Morgan fingerprint density at radius 1 is 1.53 bits per heavy atom. The van der Waals surface area contributed by atoms with E-state index in [1.165, 1.54) is 11.3 Å². The highest BCUT2D eigenvalue weighted by atomic mass is 79.9. The summed E-state index contributed by atoms with van der Waals surface area (Å²) >= 11 is 13.8. The predicted molar refractivity (Wildman–Crippen MR) is 78.2 cm³/mol. The van der Waals surface area contributed by atoms with Gasteiger partial charge in [-0.1, -0.05) is 0 Å². The fourth-order valence-corrected chi connectivity index (χ4v) is 3.43. The van der Waals surface area contributed by atoms with Gasteiger partial charge in [0.25, 0.3) is 5.91 Å². The van der Waals surface area contributed by atoms with Crippen LogP contribution >= 0.6 is 54.8 Å². The van der Waals surface area contributed by atoms with Crippen LogP contribution in [-0.2, 0) is 4.74 Å². The maximum Gasteiger partial charge on any atom is 0.264 e. The summed E-state index contributed by atoms with van der Waals surface area (Å²) in [5.41, 5.74) is 0. The molecular formula is C10H12Br2ClNO2S. The molecule has 1 aromatic heterocycles. The van der Waals surface area contributed by atoms with Gasteiger partial charge in [0.2, 0.25) is 0 Å². The molecular weight excluding hydrogens is 393 g/mol. The van der Waals surface area contributed by atoms with Crippen molar-refractivity contribution < 1.29 is 9.53 Å². The molecule has 0 aliphatic heterocycles. The molecule has 1 rings (SSSR count). The summed E-state index contributed by atoms with van der Waals surface area (Å²) in [6, 6.07) is 1.81. The third-order valence-electron chi connectivity index (χ3n) is 2.06. The van der Waals surface area contributed by atoms with Crippen LogP contribution < -0.4 is 0 Å². The SMILES string of the molecule is COCCN(CCCl)C(=O)c1cc(Br)c(Br)s1. The molecule has 96 valence electrons. The normalized spacial score (nSPS) is 10.6. The summed E-state index contributed by atoms with van der Waals surface area (Å²) in [6.07, 6.45) is 0. The minimum atomic E-state index is -0.0147. The van der Waals surface area contributed by atoms with E-state index >= 15 is 0 Å². The van der Waals surface area contributed by atoms with Crippen LogP contribution in [0.1, 0.15) is 9.67 Å². The molecule has 17 heavy (non-hydrogen) atoms. The van der Waals surface area contributed by atoms with Crippen LogP contribution in [0, 0.1) is 0 Å². The molecule has 0 fully saturated rings. The van der Waals surface area contributed by atoms with Crippen molar-refractivity contribution in [1.82, 2.24) is 4.90 Å². The van der Waals surface area contributed by atoms with E-state index in [9.17, 15) is 4.79 Å². The summed E-state index contributed by atoms with van der Waals surface area (Å²) in [4.78, 5) is 14.6. The van der Waals surface area contributed by atoms with Crippen LogP contribution in [0.4, 0.5) is 0 Å². The number of methoxy groups -OCH3 is 1. The van der Waals surface area contributed by atoms with Gasteiger partial charge >= 0.3 is 0 Å². The fraction of sp³-hybridized carbons (Fsp3) is 0.500. The van der Waals surface area contributed by atoms with Crippen molar-refractivity contribution in [3.8, 4) is 0 Å². The van der Waals surface area contributed by atoms with Crippen molar-refractivity contribution in [2.45, 2.75) is 0 Å². The van der Waals surface area contributed by atoms with E-state index in [1.807, 2.05) is 6.07 Å². The van der Waals surface area contributed by atoms with Gasteiger partial charge in [-0.15, -0.1) is 22.9 Å². The van der Waals surface area contributed by atoms with Crippen molar-refractivity contribution in [2.24, 2.45) is 0 Å². The highest BCUT2D eigenvalue weighted by Crippen LogP contribution is 2.32. The lowest BCUT2D eigenvalue weighted by molar-refractivity contribution is 0.0712. The fourth-order valence-electron chi connectivity index (χ4n) is 1.23. The number of nitrogens with zero attached hydrogens (tertiary/aromatic N) is 1. The van der Waals surface area contributed by atoms with Crippen LogP contribution in [-0.4, -0.2) is 43.5 Å². The van der Waals surface area contributed by atoms with Gasteiger partial charge in [-0.05, 0) is 37.9 Å². The minimum absolute atomic E-state index is 0.0147. The number of rotatable bonds is 6. The first-order chi connectivity index (χ1) is 8.10. The van der Waals surface area contributed by atoms with E-state index < -0.39 is 0 Å². The molecule has 0 bridgehead atoms. The maximum absolute atomic E-state index is 12.2. The smallest absolute Gasteiger partial charge is 0.264 e. The molecule has 0 aliphatic carbocycles. The van der Waals surface area contributed by atoms with Crippen LogP contribution in [0.5, 0.6) is 0 Å². The van der Waals surface area contributed by atoms with E-state index in [0.29, 0.717) is 30.5 Å². The van der Waals surface area contributed by atoms with Gasteiger partial charge in [0, 0.05) is 30.6 Å². The minimum Gasteiger partial charge on any atom is -0.383 e. The van der Waals surface area contributed by atoms with Crippen molar-refractivity contribution >= 4 is 60.7 Å². The summed E-state index contributed by atoms with van der Waals surface area (Å²) < 4.78 is 6.79. The molecule has 3 nitrogen and oxygen atoms in total. The van der Waals surface area contributed by atoms with Gasteiger partial charge in [0.1, 0.15) is 0 Å². The van der Waals surface area contributed by atoms with Gasteiger partial charge in [-0.25, -0.2) is 0 Å². The number of ether oxygens (including phenoxy) is 1. The van der Waals surface area contributed by atoms with E-state index in [0.717, 1.165) is 8.26 Å². The third-order valence-corrected chi connectivity index (χ3v) is 5.48. The maximum atomic E-state index is 12.2. The van der Waals surface area contributed by atoms with Crippen molar-refractivity contribution in [2.75, 3.05) is 32.7 Å². The Hall–Kier alpha value is 0.380. The van der Waals surface area contributed by atoms with Crippen molar-refractivity contribution in [1.29, 1.82) is 0 Å². The Balaban J connectivity index is 2.76. The van der Waals surface area contributed by atoms with E-state index in [2.05, 4.69) is 31.9 Å². The van der Waals surface area contributed by atoms with Crippen LogP contribution in [0.25, 0.3) is 0 Å². The zero-order chi connectivity index (χ0) is 12.8. The Morgan fingerprint density at radius 3 is 2.71 bits per heavy atom.